The lowest BCUT2D eigenvalue weighted by Crippen LogP contribution is -2.23. The van der Waals surface area contributed by atoms with Crippen LogP contribution in [0.5, 0.6) is 5.75 Å². The van der Waals surface area contributed by atoms with E-state index >= 15 is 0 Å². The third-order valence-electron chi connectivity index (χ3n) is 3.87. The van der Waals surface area contributed by atoms with Crippen molar-refractivity contribution in [2.45, 2.75) is 18.9 Å². The number of benzene rings is 1. The molecule has 0 aliphatic carbocycles. The first kappa shape index (κ1) is 12.8. The molecule has 1 saturated heterocycles. The Morgan fingerprint density at radius 1 is 1.35 bits per heavy atom. The second-order valence-electron chi connectivity index (χ2n) is 5.06. The number of aromatic nitrogens is 1. The largest absolute Gasteiger partial charge is 0.497 e. The quantitative estimate of drug-likeness (QED) is 0.870. The molecule has 0 amide bonds. The number of nitrogens with zero attached hydrogens (tertiary/aromatic N) is 2. The number of hydrogen-bond acceptors (Lipinski definition) is 4. The minimum absolute atomic E-state index is 0.345. The summed E-state index contributed by atoms with van der Waals surface area (Å²) in [6.07, 6.45) is 6.04. The lowest BCUT2D eigenvalue weighted by atomic mass is 10.1. The lowest BCUT2D eigenvalue weighted by Gasteiger charge is -2.28. The normalized spacial score (nSPS) is 18.2. The van der Waals surface area contributed by atoms with E-state index in [9.17, 15) is 0 Å². The smallest absolute Gasteiger partial charge is 0.121 e. The van der Waals surface area contributed by atoms with Crippen molar-refractivity contribution in [3.8, 4) is 5.75 Å². The van der Waals surface area contributed by atoms with E-state index in [1.165, 1.54) is 5.56 Å². The number of nitrogens with two attached hydrogens (primary N) is 1. The van der Waals surface area contributed by atoms with Gasteiger partial charge in [-0.2, -0.15) is 0 Å². The molecule has 0 spiro atoms. The number of hydrogen-bond donors (Lipinski definition) is 1. The molecule has 2 aromatic rings. The van der Waals surface area contributed by atoms with Crippen LogP contribution in [0.2, 0.25) is 0 Å². The van der Waals surface area contributed by atoms with Gasteiger partial charge in [-0.05, 0) is 36.6 Å². The fraction of sp³-hybridized carbons (Fsp3) is 0.312. The van der Waals surface area contributed by atoms with Crippen molar-refractivity contribution >= 4 is 11.4 Å². The molecular weight excluding hydrogens is 250 g/mol. The maximum atomic E-state index is 6.15. The molecule has 1 atom stereocenters. The summed E-state index contributed by atoms with van der Waals surface area (Å²) in [7, 11) is 1.68. The average Bonchev–Trinajstić information content (AvgIpc) is 2.98. The Hall–Kier alpha value is -2.23. The molecule has 1 aliphatic rings. The van der Waals surface area contributed by atoms with Gasteiger partial charge in [0.05, 0.1) is 24.5 Å². The highest BCUT2D eigenvalue weighted by atomic mass is 16.5. The summed E-state index contributed by atoms with van der Waals surface area (Å²) >= 11 is 0. The molecule has 20 heavy (non-hydrogen) atoms. The molecular formula is C16H19N3O. The van der Waals surface area contributed by atoms with E-state index in [1.807, 2.05) is 36.7 Å². The molecule has 1 aromatic carbocycles. The number of pyridine rings is 1. The summed E-state index contributed by atoms with van der Waals surface area (Å²) in [5, 5.41) is 0. The Morgan fingerprint density at radius 2 is 2.25 bits per heavy atom. The monoisotopic (exact) mass is 269 g/mol. The van der Waals surface area contributed by atoms with Crippen molar-refractivity contribution in [1.82, 2.24) is 4.98 Å². The predicted octanol–water partition coefficient (Wildman–Crippen LogP) is 3.01. The molecule has 3 rings (SSSR count). The van der Waals surface area contributed by atoms with Crippen LogP contribution in [0.3, 0.4) is 0 Å². The second-order valence-corrected chi connectivity index (χ2v) is 5.06. The fourth-order valence-electron chi connectivity index (χ4n) is 2.87. The highest BCUT2D eigenvalue weighted by Gasteiger charge is 2.27. The lowest BCUT2D eigenvalue weighted by molar-refractivity contribution is 0.415. The summed E-state index contributed by atoms with van der Waals surface area (Å²) in [5.41, 5.74) is 9.24. The highest BCUT2D eigenvalue weighted by Crippen LogP contribution is 2.39. The molecule has 104 valence electrons. The number of nitrogen functional groups attached to an aromatic ring is 1. The highest BCUT2D eigenvalue weighted by molar-refractivity contribution is 5.70. The van der Waals surface area contributed by atoms with Gasteiger partial charge in [0, 0.05) is 25.0 Å². The second kappa shape index (κ2) is 5.41. The van der Waals surface area contributed by atoms with Gasteiger partial charge in [0.2, 0.25) is 0 Å². The third-order valence-corrected chi connectivity index (χ3v) is 3.87. The van der Waals surface area contributed by atoms with Crippen molar-refractivity contribution in [2.75, 3.05) is 24.3 Å². The molecule has 1 unspecified atom stereocenters. The molecule has 2 heterocycles. The number of anilines is 2. The molecule has 4 nitrogen and oxygen atoms in total. The number of methoxy groups -OCH3 is 1. The first-order chi connectivity index (χ1) is 9.79. The summed E-state index contributed by atoms with van der Waals surface area (Å²) in [6, 6.07) is 10.3. The first-order valence-corrected chi connectivity index (χ1v) is 6.89. The Labute approximate surface area is 119 Å². The molecule has 0 bridgehead atoms. The zero-order valence-corrected chi connectivity index (χ0v) is 11.6. The predicted molar refractivity (Wildman–Crippen MR) is 81.0 cm³/mol. The summed E-state index contributed by atoms with van der Waals surface area (Å²) in [6.45, 7) is 1.01. The van der Waals surface area contributed by atoms with Crippen molar-refractivity contribution < 1.29 is 4.74 Å². The van der Waals surface area contributed by atoms with Crippen LogP contribution >= 0.6 is 0 Å². The van der Waals surface area contributed by atoms with Crippen molar-refractivity contribution in [1.29, 1.82) is 0 Å². The molecule has 1 fully saturated rings. The Bertz CT molecular complexity index is 586. The van der Waals surface area contributed by atoms with E-state index in [0.29, 0.717) is 6.04 Å². The van der Waals surface area contributed by atoms with E-state index in [2.05, 4.69) is 16.0 Å². The van der Waals surface area contributed by atoms with Gasteiger partial charge in [0.15, 0.2) is 0 Å². The van der Waals surface area contributed by atoms with Crippen LogP contribution in [-0.2, 0) is 0 Å². The number of rotatable bonds is 3. The van der Waals surface area contributed by atoms with Crippen molar-refractivity contribution in [3.05, 3.63) is 48.3 Å². The maximum Gasteiger partial charge on any atom is 0.121 e. The van der Waals surface area contributed by atoms with E-state index < -0.39 is 0 Å². The third kappa shape index (κ3) is 2.29. The maximum absolute atomic E-state index is 6.15. The SMILES string of the molecule is COc1ccc(N)c(N2CCCC2c2cccnc2)c1. The van der Waals surface area contributed by atoms with Gasteiger partial charge >= 0.3 is 0 Å². The molecule has 4 heteroatoms. The van der Waals surface area contributed by atoms with E-state index in [1.54, 1.807) is 7.11 Å². The van der Waals surface area contributed by atoms with Crippen LogP contribution < -0.4 is 15.4 Å². The first-order valence-electron chi connectivity index (χ1n) is 6.89. The minimum atomic E-state index is 0.345. The topological polar surface area (TPSA) is 51.4 Å². The zero-order chi connectivity index (χ0) is 13.9. The van der Waals surface area contributed by atoms with Gasteiger partial charge in [-0.25, -0.2) is 0 Å². The minimum Gasteiger partial charge on any atom is -0.497 e. The van der Waals surface area contributed by atoms with E-state index in [-0.39, 0.29) is 0 Å². The molecule has 1 aliphatic heterocycles. The zero-order valence-electron chi connectivity index (χ0n) is 11.6. The Morgan fingerprint density at radius 3 is 3.00 bits per heavy atom. The van der Waals surface area contributed by atoms with Crippen LogP contribution in [0.1, 0.15) is 24.4 Å². The van der Waals surface area contributed by atoms with Crippen molar-refractivity contribution in [3.63, 3.8) is 0 Å². The van der Waals surface area contributed by atoms with Crippen molar-refractivity contribution in [2.24, 2.45) is 0 Å². The average molecular weight is 269 g/mol. The Kier molecular flexibility index (Phi) is 3.46. The van der Waals surface area contributed by atoms with Gasteiger partial charge in [-0.1, -0.05) is 6.07 Å². The Balaban J connectivity index is 1.96. The van der Waals surface area contributed by atoms with Gasteiger partial charge in [0.1, 0.15) is 5.75 Å². The van der Waals surface area contributed by atoms with Gasteiger partial charge < -0.3 is 15.4 Å². The van der Waals surface area contributed by atoms with Crippen LogP contribution in [0.25, 0.3) is 0 Å². The van der Waals surface area contributed by atoms with Crippen LogP contribution in [0.4, 0.5) is 11.4 Å². The van der Waals surface area contributed by atoms with Crippen LogP contribution in [-0.4, -0.2) is 18.6 Å². The molecule has 2 N–H and O–H groups in total. The van der Waals surface area contributed by atoms with E-state index in [0.717, 1.165) is 36.5 Å². The van der Waals surface area contributed by atoms with Crippen LogP contribution in [0, 0.1) is 0 Å². The summed E-state index contributed by atoms with van der Waals surface area (Å²) in [4.78, 5) is 6.59. The van der Waals surface area contributed by atoms with Gasteiger partial charge in [-0.15, -0.1) is 0 Å². The van der Waals surface area contributed by atoms with E-state index in [4.69, 9.17) is 10.5 Å². The molecule has 0 saturated carbocycles. The summed E-state index contributed by atoms with van der Waals surface area (Å²) in [5.74, 6) is 0.839. The summed E-state index contributed by atoms with van der Waals surface area (Å²) < 4.78 is 5.32. The fourth-order valence-corrected chi connectivity index (χ4v) is 2.87. The standard InChI is InChI=1S/C16H19N3O/c1-20-13-6-7-14(17)16(10-13)19-9-3-5-15(19)12-4-2-8-18-11-12/h2,4,6-8,10-11,15H,3,5,9,17H2,1H3. The van der Waals surface area contributed by atoms with Crippen LogP contribution in [0.15, 0.2) is 42.7 Å². The number of ether oxygens (including phenoxy) is 1. The van der Waals surface area contributed by atoms with Gasteiger partial charge in [0.25, 0.3) is 0 Å². The van der Waals surface area contributed by atoms with Gasteiger partial charge in [-0.3, -0.25) is 4.98 Å². The molecule has 1 aromatic heterocycles. The molecule has 0 radical (unpaired) electrons.